The molecular weight excluding hydrogens is 422 g/mol. The van der Waals surface area contributed by atoms with Gasteiger partial charge in [-0.3, -0.25) is 14.5 Å². The molecule has 1 aliphatic heterocycles. The van der Waals surface area contributed by atoms with E-state index < -0.39 is 28.7 Å². The third kappa shape index (κ3) is 5.18. The first-order valence-electron chi connectivity index (χ1n) is 8.86. The van der Waals surface area contributed by atoms with Gasteiger partial charge in [0.15, 0.2) is 5.17 Å². The summed E-state index contributed by atoms with van der Waals surface area (Å²) in [4.78, 5) is 30.3. The number of amides is 2. The van der Waals surface area contributed by atoms with Gasteiger partial charge in [0.25, 0.3) is 0 Å². The van der Waals surface area contributed by atoms with Crippen LogP contribution in [0.1, 0.15) is 17.5 Å². The number of hydrogen-bond donors (Lipinski definition) is 1. The van der Waals surface area contributed by atoms with E-state index >= 15 is 0 Å². The predicted octanol–water partition coefficient (Wildman–Crippen LogP) is 4.11. The number of halogens is 4. The fourth-order valence-electron chi connectivity index (χ4n) is 2.79. The van der Waals surface area contributed by atoms with Gasteiger partial charge in [0.2, 0.25) is 11.8 Å². The summed E-state index contributed by atoms with van der Waals surface area (Å²) in [6.07, 6.45) is -4.63. The molecule has 10 heteroatoms. The maximum absolute atomic E-state index is 13.2. The van der Waals surface area contributed by atoms with E-state index in [0.717, 1.165) is 23.9 Å². The van der Waals surface area contributed by atoms with Crippen LogP contribution < -0.4 is 5.32 Å². The van der Waals surface area contributed by atoms with Gasteiger partial charge in [-0.05, 0) is 35.9 Å². The number of benzene rings is 2. The number of carbonyl (C=O) groups excluding carboxylic acids is 2. The molecule has 0 radical (unpaired) electrons. The molecule has 30 heavy (non-hydrogen) atoms. The van der Waals surface area contributed by atoms with Gasteiger partial charge < -0.3 is 5.32 Å². The van der Waals surface area contributed by atoms with Crippen LogP contribution in [0.25, 0.3) is 0 Å². The number of aliphatic imine (C=N–C) groups is 1. The third-order valence-electron chi connectivity index (χ3n) is 4.33. The molecule has 3 rings (SSSR count). The van der Waals surface area contributed by atoms with Gasteiger partial charge in [-0.25, -0.2) is 9.38 Å². The average Bonchev–Trinajstić information content (AvgIpc) is 2.70. The summed E-state index contributed by atoms with van der Waals surface area (Å²) in [5.41, 5.74) is -0.258. The summed E-state index contributed by atoms with van der Waals surface area (Å²) in [6, 6.07) is 9.89. The lowest BCUT2D eigenvalue weighted by Gasteiger charge is -2.31. The second kappa shape index (κ2) is 8.86. The first kappa shape index (κ1) is 21.8. The van der Waals surface area contributed by atoms with E-state index in [1.54, 1.807) is 0 Å². The largest absolute Gasteiger partial charge is 0.416 e. The number of carbonyl (C=O) groups is 2. The van der Waals surface area contributed by atoms with Crippen LogP contribution in [0.15, 0.2) is 53.5 Å². The van der Waals surface area contributed by atoms with Crippen LogP contribution >= 0.6 is 11.8 Å². The van der Waals surface area contributed by atoms with E-state index in [0.29, 0.717) is 5.56 Å². The van der Waals surface area contributed by atoms with E-state index in [1.165, 1.54) is 48.3 Å². The Bertz CT molecular complexity index is 977. The summed E-state index contributed by atoms with van der Waals surface area (Å²) in [7, 11) is 1.43. The zero-order chi connectivity index (χ0) is 21.9. The minimum Gasteiger partial charge on any atom is -0.358 e. The number of rotatable bonds is 4. The summed E-state index contributed by atoms with van der Waals surface area (Å²) in [5, 5.41) is 1.81. The topological polar surface area (TPSA) is 61.8 Å². The number of amidine groups is 1. The Morgan fingerprint density at radius 2 is 1.93 bits per heavy atom. The molecule has 1 aliphatic rings. The highest BCUT2D eigenvalue weighted by Crippen LogP contribution is 2.34. The third-order valence-corrected chi connectivity index (χ3v) is 5.52. The van der Waals surface area contributed by atoms with Gasteiger partial charge in [0, 0.05) is 13.5 Å². The molecule has 2 aromatic rings. The molecule has 0 bridgehead atoms. The Morgan fingerprint density at radius 3 is 2.57 bits per heavy atom. The van der Waals surface area contributed by atoms with Gasteiger partial charge >= 0.3 is 6.18 Å². The maximum Gasteiger partial charge on any atom is 0.416 e. The van der Waals surface area contributed by atoms with Crippen LogP contribution in [0.5, 0.6) is 0 Å². The first-order valence-corrected chi connectivity index (χ1v) is 9.74. The minimum atomic E-state index is -4.54. The molecule has 1 fully saturated rings. The fraction of sp³-hybridized carbons (Fsp3) is 0.250. The summed E-state index contributed by atoms with van der Waals surface area (Å²) in [6.45, 7) is 0.0460. The SMILES string of the molecule is CNC(=O)C1CC(=O)N(Cc2ccc(F)cc2)C(=Nc2cccc(C(F)(F)F)c2)S1. The number of thioether (sulfide) groups is 1. The standard InChI is InChI=1S/C20H17F4N3O2S/c1-25-18(29)16-10-17(28)27(11-12-5-7-14(21)8-6-12)19(30-16)26-15-4-2-3-13(9-15)20(22,23)24/h2-9,16H,10-11H2,1H3,(H,25,29). The zero-order valence-electron chi connectivity index (χ0n) is 15.7. The fourth-order valence-corrected chi connectivity index (χ4v) is 3.95. The van der Waals surface area contributed by atoms with E-state index in [-0.39, 0.29) is 29.7 Å². The van der Waals surface area contributed by atoms with Crippen molar-refractivity contribution in [3.63, 3.8) is 0 Å². The highest BCUT2D eigenvalue weighted by Gasteiger charge is 2.36. The Kier molecular flexibility index (Phi) is 6.45. The number of alkyl halides is 3. The zero-order valence-corrected chi connectivity index (χ0v) is 16.6. The van der Waals surface area contributed by atoms with Crippen molar-refractivity contribution in [2.45, 2.75) is 24.4 Å². The molecule has 0 aliphatic carbocycles. The molecule has 0 aromatic heterocycles. The first-order chi connectivity index (χ1) is 14.2. The second-order valence-electron chi connectivity index (χ2n) is 6.47. The Morgan fingerprint density at radius 1 is 1.23 bits per heavy atom. The summed E-state index contributed by atoms with van der Waals surface area (Å²) in [5.74, 6) is -1.22. The van der Waals surface area contributed by atoms with Gasteiger partial charge in [0.1, 0.15) is 5.82 Å². The van der Waals surface area contributed by atoms with E-state index in [1.807, 2.05) is 0 Å². The van der Waals surface area contributed by atoms with Crippen molar-refractivity contribution in [2.75, 3.05) is 7.05 Å². The van der Waals surface area contributed by atoms with Crippen LogP contribution in [-0.2, 0) is 22.3 Å². The van der Waals surface area contributed by atoms with Crippen molar-refractivity contribution in [3.8, 4) is 0 Å². The van der Waals surface area contributed by atoms with Gasteiger partial charge in [0.05, 0.1) is 23.0 Å². The predicted molar refractivity (Wildman–Crippen MR) is 106 cm³/mol. The van der Waals surface area contributed by atoms with Crippen molar-refractivity contribution in [1.82, 2.24) is 10.2 Å². The molecule has 1 unspecified atom stereocenters. The Labute approximate surface area is 174 Å². The maximum atomic E-state index is 13.2. The Hall–Kier alpha value is -2.88. The molecular formula is C20H17F4N3O2S. The molecule has 1 saturated heterocycles. The molecule has 0 saturated carbocycles. The summed E-state index contributed by atoms with van der Waals surface area (Å²) < 4.78 is 52.2. The lowest BCUT2D eigenvalue weighted by Crippen LogP contribution is -2.45. The van der Waals surface area contributed by atoms with E-state index in [4.69, 9.17) is 0 Å². The lowest BCUT2D eigenvalue weighted by molar-refractivity contribution is -0.137. The number of nitrogens with zero attached hydrogens (tertiary/aromatic N) is 2. The van der Waals surface area contributed by atoms with Crippen LogP contribution in [0.4, 0.5) is 23.2 Å². The molecule has 0 spiro atoms. The highest BCUT2D eigenvalue weighted by molar-refractivity contribution is 8.15. The highest BCUT2D eigenvalue weighted by atomic mass is 32.2. The minimum absolute atomic E-state index is 0.00166. The van der Waals surface area contributed by atoms with Crippen molar-refractivity contribution >= 4 is 34.4 Å². The van der Waals surface area contributed by atoms with Crippen LogP contribution in [-0.4, -0.2) is 34.2 Å². The molecule has 5 nitrogen and oxygen atoms in total. The summed E-state index contributed by atoms with van der Waals surface area (Å²) >= 11 is 0.994. The quantitative estimate of drug-likeness (QED) is 0.730. The monoisotopic (exact) mass is 439 g/mol. The van der Waals surface area contributed by atoms with E-state index in [2.05, 4.69) is 10.3 Å². The second-order valence-corrected chi connectivity index (χ2v) is 7.64. The van der Waals surface area contributed by atoms with Crippen LogP contribution in [0.2, 0.25) is 0 Å². The molecule has 1 atom stereocenters. The Balaban J connectivity index is 1.97. The van der Waals surface area contributed by atoms with Gasteiger partial charge in [-0.15, -0.1) is 0 Å². The van der Waals surface area contributed by atoms with Gasteiger partial charge in [-0.1, -0.05) is 30.0 Å². The molecule has 158 valence electrons. The van der Waals surface area contributed by atoms with Crippen molar-refractivity contribution in [3.05, 3.63) is 65.5 Å². The van der Waals surface area contributed by atoms with Crippen molar-refractivity contribution < 1.29 is 27.2 Å². The van der Waals surface area contributed by atoms with E-state index in [9.17, 15) is 27.2 Å². The van der Waals surface area contributed by atoms with Crippen LogP contribution in [0.3, 0.4) is 0 Å². The van der Waals surface area contributed by atoms with Gasteiger partial charge in [-0.2, -0.15) is 13.2 Å². The molecule has 2 aromatic carbocycles. The normalized spacial score (nSPS) is 18.6. The van der Waals surface area contributed by atoms with Crippen molar-refractivity contribution in [2.24, 2.45) is 4.99 Å². The lowest BCUT2D eigenvalue weighted by atomic mass is 10.2. The number of hydrogen-bond acceptors (Lipinski definition) is 4. The number of nitrogens with one attached hydrogen (secondary N) is 1. The molecule has 1 heterocycles. The average molecular weight is 439 g/mol. The molecule has 1 N–H and O–H groups in total. The molecule has 2 amide bonds. The van der Waals surface area contributed by atoms with Crippen molar-refractivity contribution in [1.29, 1.82) is 0 Å². The smallest absolute Gasteiger partial charge is 0.358 e. The van der Waals surface area contributed by atoms with Crippen LogP contribution in [0, 0.1) is 5.82 Å².